The van der Waals surface area contributed by atoms with Gasteiger partial charge in [-0.15, -0.1) is 0 Å². The Kier molecular flexibility index (Phi) is 7.46. The summed E-state index contributed by atoms with van der Waals surface area (Å²) in [5.41, 5.74) is 4.27. The molecule has 0 fully saturated rings. The van der Waals surface area contributed by atoms with Crippen LogP contribution in [0.5, 0.6) is 5.75 Å². The second-order valence-electron chi connectivity index (χ2n) is 8.50. The predicted molar refractivity (Wildman–Crippen MR) is 137 cm³/mol. The van der Waals surface area contributed by atoms with Crippen LogP contribution in [0.15, 0.2) is 67.5 Å². The maximum absolute atomic E-state index is 12.7. The highest BCUT2D eigenvalue weighted by atomic mass is 35.5. The number of nitrogens with zero attached hydrogens (tertiary/aromatic N) is 4. The van der Waals surface area contributed by atoms with E-state index in [1.54, 1.807) is 12.5 Å². The van der Waals surface area contributed by atoms with E-state index in [2.05, 4.69) is 42.3 Å². The molecule has 0 radical (unpaired) electrons. The summed E-state index contributed by atoms with van der Waals surface area (Å²) in [6.45, 7) is 2.34. The fourth-order valence-electron chi connectivity index (χ4n) is 4.39. The van der Waals surface area contributed by atoms with Gasteiger partial charge in [0, 0.05) is 56.5 Å². The largest absolute Gasteiger partial charge is 0.492 e. The van der Waals surface area contributed by atoms with Crippen LogP contribution in [0.2, 0.25) is 10.0 Å². The third-order valence-electron chi connectivity index (χ3n) is 6.04. The van der Waals surface area contributed by atoms with Gasteiger partial charge >= 0.3 is 0 Å². The molecule has 10 heteroatoms. The van der Waals surface area contributed by atoms with Crippen molar-refractivity contribution in [1.29, 1.82) is 0 Å². The number of imidazole rings is 1. The minimum absolute atomic E-state index is 0.0950. The van der Waals surface area contributed by atoms with E-state index in [0.717, 1.165) is 34.7 Å². The van der Waals surface area contributed by atoms with Crippen LogP contribution >= 0.6 is 23.2 Å². The summed E-state index contributed by atoms with van der Waals surface area (Å²) >= 11 is 12.2. The van der Waals surface area contributed by atoms with Crippen LogP contribution in [0.1, 0.15) is 45.3 Å². The number of amides is 1. The summed E-state index contributed by atoms with van der Waals surface area (Å²) in [4.78, 5) is 31.0. The zero-order valence-electron chi connectivity index (χ0n) is 19.3. The monoisotopic (exact) mass is 522 g/mol. The fourth-order valence-corrected chi connectivity index (χ4v) is 4.92. The third kappa shape index (κ3) is 5.51. The third-order valence-corrected chi connectivity index (χ3v) is 6.62. The Morgan fingerprint density at radius 1 is 1.08 bits per heavy atom. The summed E-state index contributed by atoms with van der Waals surface area (Å²) in [7, 11) is 0. The van der Waals surface area contributed by atoms with Crippen molar-refractivity contribution in [3.63, 3.8) is 0 Å². The second kappa shape index (κ2) is 11.1. The molecule has 4 aromatic rings. The molecule has 4 heterocycles. The molecule has 1 aromatic carbocycles. The van der Waals surface area contributed by atoms with E-state index in [-0.39, 0.29) is 27.6 Å². The van der Waals surface area contributed by atoms with E-state index in [4.69, 9.17) is 27.9 Å². The maximum atomic E-state index is 12.7. The van der Waals surface area contributed by atoms with Gasteiger partial charge in [0.25, 0.3) is 5.91 Å². The van der Waals surface area contributed by atoms with Gasteiger partial charge < -0.3 is 15.0 Å². The molecule has 8 nitrogen and oxygen atoms in total. The first kappa shape index (κ1) is 24.2. The summed E-state index contributed by atoms with van der Waals surface area (Å²) in [5.74, 6) is 0.483. The number of pyridine rings is 2. The second-order valence-corrected chi connectivity index (χ2v) is 9.32. The lowest BCUT2D eigenvalue weighted by atomic mass is 10.0. The van der Waals surface area contributed by atoms with E-state index < -0.39 is 0 Å². The number of H-pyrrole nitrogens is 1. The topological polar surface area (TPSA) is 96.0 Å². The molecule has 3 aromatic heterocycles. The van der Waals surface area contributed by atoms with Gasteiger partial charge in [0.15, 0.2) is 0 Å². The molecule has 1 unspecified atom stereocenters. The standard InChI is InChI=1S/C26H24Cl2N6O2/c27-20-12-29-13-21(28)24(20)26(35)32-10-17-3-1-4-18(9-17)14-34(15-19-11-30-16-33-19)22-6-8-36-23-5-2-7-31-25(22)23/h1-5,7,9,11-13,16,22H,6,8,10,14-15H2,(H,30,33)(H,32,35). The first-order valence-electron chi connectivity index (χ1n) is 11.5. The molecule has 0 spiro atoms. The van der Waals surface area contributed by atoms with Gasteiger partial charge in [0.2, 0.25) is 0 Å². The van der Waals surface area contributed by atoms with Gasteiger partial charge in [-0.2, -0.15) is 0 Å². The molecule has 184 valence electrons. The average molecular weight is 523 g/mol. The molecule has 2 N–H and O–H groups in total. The van der Waals surface area contributed by atoms with Gasteiger partial charge in [-0.25, -0.2) is 4.98 Å². The number of carbonyl (C=O) groups excluding carboxylic acids is 1. The first-order valence-corrected chi connectivity index (χ1v) is 12.3. The van der Waals surface area contributed by atoms with Crippen molar-refractivity contribution in [2.45, 2.75) is 32.1 Å². The number of hydrogen-bond donors (Lipinski definition) is 2. The molecule has 0 saturated heterocycles. The lowest BCUT2D eigenvalue weighted by molar-refractivity contribution is 0.0951. The number of benzene rings is 1. The molecular weight excluding hydrogens is 499 g/mol. The van der Waals surface area contributed by atoms with Crippen LogP contribution in [0.25, 0.3) is 0 Å². The van der Waals surface area contributed by atoms with Crippen molar-refractivity contribution in [2.75, 3.05) is 6.61 Å². The average Bonchev–Trinajstić information content (AvgIpc) is 3.40. The first-order chi connectivity index (χ1) is 17.6. The lowest BCUT2D eigenvalue weighted by Gasteiger charge is -2.34. The number of rotatable bonds is 8. The highest BCUT2D eigenvalue weighted by molar-refractivity contribution is 6.39. The van der Waals surface area contributed by atoms with Crippen molar-refractivity contribution in [2.24, 2.45) is 0 Å². The van der Waals surface area contributed by atoms with Crippen LogP contribution in [0, 0.1) is 0 Å². The van der Waals surface area contributed by atoms with Crippen molar-refractivity contribution in [3.05, 3.63) is 106 Å². The molecule has 1 aliphatic rings. The summed E-state index contributed by atoms with van der Waals surface area (Å²) in [6, 6.07) is 12.1. The minimum Gasteiger partial charge on any atom is -0.492 e. The van der Waals surface area contributed by atoms with Crippen LogP contribution < -0.4 is 10.1 Å². The van der Waals surface area contributed by atoms with Crippen molar-refractivity contribution < 1.29 is 9.53 Å². The Balaban J connectivity index is 1.33. The number of halogens is 2. The Bertz CT molecular complexity index is 1330. The van der Waals surface area contributed by atoms with Gasteiger partial charge in [0.05, 0.1) is 40.3 Å². The number of carbonyl (C=O) groups is 1. The number of hydrogen-bond acceptors (Lipinski definition) is 6. The number of fused-ring (bicyclic) bond motifs is 1. The molecule has 1 atom stereocenters. The van der Waals surface area contributed by atoms with Gasteiger partial charge in [0.1, 0.15) is 5.75 Å². The molecule has 1 amide bonds. The summed E-state index contributed by atoms with van der Waals surface area (Å²) in [5, 5.41) is 3.33. The summed E-state index contributed by atoms with van der Waals surface area (Å²) in [6.07, 6.45) is 8.98. The van der Waals surface area contributed by atoms with Crippen molar-refractivity contribution >= 4 is 29.1 Å². The lowest BCUT2D eigenvalue weighted by Crippen LogP contribution is -2.32. The fraction of sp³-hybridized carbons (Fsp3) is 0.231. The highest BCUT2D eigenvalue weighted by Crippen LogP contribution is 2.35. The Labute approximate surface area is 218 Å². The minimum atomic E-state index is -0.344. The molecule has 0 aliphatic carbocycles. The summed E-state index contributed by atoms with van der Waals surface area (Å²) < 4.78 is 5.84. The van der Waals surface area contributed by atoms with E-state index >= 15 is 0 Å². The maximum Gasteiger partial charge on any atom is 0.254 e. The normalized spacial score (nSPS) is 14.8. The number of aromatic nitrogens is 4. The molecule has 36 heavy (non-hydrogen) atoms. The van der Waals surface area contributed by atoms with Gasteiger partial charge in [-0.1, -0.05) is 47.5 Å². The molecule has 0 saturated carbocycles. The number of ether oxygens (including phenoxy) is 1. The van der Waals surface area contributed by atoms with Crippen molar-refractivity contribution in [3.8, 4) is 5.75 Å². The number of aromatic amines is 1. The zero-order valence-corrected chi connectivity index (χ0v) is 20.8. The van der Waals surface area contributed by atoms with Crippen molar-refractivity contribution in [1.82, 2.24) is 30.2 Å². The zero-order chi connectivity index (χ0) is 24.9. The molecular formula is C26H24Cl2N6O2. The molecule has 0 bridgehead atoms. The Hall–Kier alpha value is -3.46. The quantitative estimate of drug-likeness (QED) is 0.339. The Morgan fingerprint density at radius 2 is 1.92 bits per heavy atom. The highest BCUT2D eigenvalue weighted by Gasteiger charge is 2.29. The van der Waals surface area contributed by atoms with Gasteiger partial charge in [-0.3, -0.25) is 19.7 Å². The van der Waals surface area contributed by atoms with E-state index in [9.17, 15) is 4.79 Å². The van der Waals surface area contributed by atoms with Crippen LogP contribution in [0.3, 0.4) is 0 Å². The number of nitrogens with one attached hydrogen (secondary N) is 2. The SMILES string of the molecule is O=C(NCc1cccc(CN(Cc2cnc[nH]2)C2CCOc3cccnc32)c1)c1c(Cl)cncc1Cl. The molecule has 5 rings (SSSR count). The Morgan fingerprint density at radius 3 is 2.72 bits per heavy atom. The van der Waals surface area contributed by atoms with E-state index in [1.165, 1.54) is 12.4 Å². The molecule has 1 aliphatic heterocycles. The van der Waals surface area contributed by atoms with Crippen LogP contribution in [0.4, 0.5) is 0 Å². The van der Waals surface area contributed by atoms with Crippen LogP contribution in [-0.4, -0.2) is 37.3 Å². The van der Waals surface area contributed by atoms with E-state index in [0.29, 0.717) is 26.2 Å². The van der Waals surface area contributed by atoms with Gasteiger partial charge in [-0.05, 0) is 23.3 Å². The van der Waals surface area contributed by atoms with Crippen LogP contribution in [-0.2, 0) is 19.6 Å². The smallest absolute Gasteiger partial charge is 0.254 e. The predicted octanol–water partition coefficient (Wildman–Crippen LogP) is 4.96. The van der Waals surface area contributed by atoms with E-state index in [1.807, 2.05) is 30.5 Å².